The first-order valence-corrected chi connectivity index (χ1v) is 7.29. The zero-order valence-electron chi connectivity index (χ0n) is 10.7. The van der Waals surface area contributed by atoms with Crippen molar-refractivity contribution in [1.82, 2.24) is 14.1 Å². The number of aliphatic hydroxyl groups is 1. The second-order valence-corrected chi connectivity index (χ2v) is 5.63. The Morgan fingerprint density at radius 2 is 2.28 bits per heavy atom. The normalized spacial score (nSPS) is 25.9. The van der Waals surface area contributed by atoms with Gasteiger partial charge in [0.1, 0.15) is 18.9 Å². The Labute approximate surface area is 112 Å². The van der Waals surface area contributed by atoms with Gasteiger partial charge in [-0.3, -0.25) is 0 Å². The molecule has 0 saturated heterocycles. The van der Waals surface area contributed by atoms with E-state index in [0.29, 0.717) is 18.5 Å². The molecule has 0 amide bonds. The molecule has 1 aromatic rings. The van der Waals surface area contributed by atoms with E-state index in [4.69, 9.17) is 4.74 Å². The Bertz CT molecular complexity index is 326. The van der Waals surface area contributed by atoms with Crippen LogP contribution in [0.4, 0.5) is 0 Å². The number of hydrogen-bond acceptors (Lipinski definition) is 6. The minimum atomic E-state index is -0.494. The fraction of sp³-hybridized carbons (Fsp3) is 0.833. The number of rotatable bonds is 6. The lowest BCUT2D eigenvalue weighted by atomic mass is 9.87. The molecule has 0 spiro atoms. The fourth-order valence-electron chi connectivity index (χ4n) is 2.23. The molecule has 0 aromatic carbocycles. The summed E-state index contributed by atoms with van der Waals surface area (Å²) in [5.41, 5.74) is 0. The van der Waals surface area contributed by atoms with Crippen molar-refractivity contribution in [3.63, 3.8) is 0 Å². The third-order valence-electron chi connectivity index (χ3n) is 3.42. The molecule has 1 saturated carbocycles. The second-order valence-electron chi connectivity index (χ2n) is 5.08. The summed E-state index contributed by atoms with van der Waals surface area (Å²) in [6.07, 6.45) is 6.07. The minimum Gasteiger partial charge on any atom is -0.473 e. The van der Waals surface area contributed by atoms with Crippen molar-refractivity contribution in [3.05, 3.63) is 6.20 Å². The monoisotopic (exact) mass is 271 g/mol. The number of aliphatic hydroxyl groups excluding tert-OH is 1. The van der Waals surface area contributed by atoms with Crippen molar-refractivity contribution in [2.24, 2.45) is 5.92 Å². The molecule has 0 radical (unpaired) electrons. The van der Waals surface area contributed by atoms with Gasteiger partial charge in [-0.2, -0.15) is 4.37 Å². The van der Waals surface area contributed by atoms with Crippen LogP contribution in [0.15, 0.2) is 6.20 Å². The van der Waals surface area contributed by atoms with Crippen LogP contribution < -0.4 is 10.1 Å². The number of ether oxygens (including phenoxy) is 1. The first-order valence-electron chi connectivity index (χ1n) is 6.56. The van der Waals surface area contributed by atoms with Crippen LogP contribution in [0.25, 0.3) is 0 Å². The number of hydrogen-bond donors (Lipinski definition) is 2. The van der Waals surface area contributed by atoms with E-state index in [0.717, 1.165) is 17.6 Å². The molecular weight excluding hydrogens is 250 g/mol. The average Bonchev–Trinajstić information content (AvgIpc) is 2.89. The van der Waals surface area contributed by atoms with Crippen LogP contribution in [0.3, 0.4) is 0 Å². The average molecular weight is 271 g/mol. The Morgan fingerprint density at radius 1 is 1.50 bits per heavy atom. The largest absolute Gasteiger partial charge is 0.473 e. The first-order chi connectivity index (χ1) is 8.74. The van der Waals surface area contributed by atoms with Crippen molar-refractivity contribution in [2.45, 2.75) is 44.8 Å². The van der Waals surface area contributed by atoms with Crippen molar-refractivity contribution in [3.8, 4) is 5.88 Å². The van der Waals surface area contributed by atoms with E-state index < -0.39 is 6.10 Å². The molecule has 102 valence electrons. The molecule has 5 nitrogen and oxygen atoms in total. The highest BCUT2D eigenvalue weighted by molar-refractivity contribution is 6.99. The van der Waals surface area contributed by atoms with E-state index in [1.165, 1.54) is 25.7 Å². The molecule has 1 aliphatic rings. The molecule has 18 heavy (non-hydrogen) atoms. The molecule has 1 fully saturated rings. The molecule has 1 unspecified atom stereocenters. The molecule has 6 heteroatoms. The Morgan fingerprint density at radius 3 is 2.94 bits per heavy atom. The predicted molar refractivity (Wildman–Crippen MR) is 70.8 cm³/mol. The van der Waals surface area contributed by atoms with Crippen LogP contribution in [-0.4, -0.2) is 39.2 Å². The van der Waals surface area contributed by atoms with E-state index in [-0.39, 0.29) is 6.61 Å². The van der Waals surface area contributed by atoms with Crippen molar-refractivity contribution in [2.75, 3.05) is 13.2 Å². The van der Waals surface area contributed by atoms with Crippen LogP contribution in [-0.2, 0) is 0 Å². The van der Waals surface area contributed by atoms with Gasteiger partial charge in [-0.05, 0) is 31.6 Å². The Balaban J connectivity index is 1.58. The molecule has 1 aliphatic carbocycles. The number of aromatic nitrogens is 2. The zero-order valence-corrected chi connectivity index (χ0v) is 11.5. The van der Waals surface area contributed by atoms with Crippen molar-refractivity contribution in [1.29, 1.82) is 0 Å². The van der Waals surface area contributed by atoms with Gasteiger partial charge in [-0.15, -0.1) is 4.37 Å². The van der Waals surface area contributed by atoms with Crippen molar-refractivity contribution < 1.29 is 9.84 Å². The lowest BCUT2D eigenvalue weighted by molar-refractivity contribution is 0.0989. The summed E-state index contributed by atoms with van der Waals surface area (Å²) in [4.78, 5) is 0. The zero-order chi connectivity index (χ0) is 12.8. The lowest BCUT2D eigenvalue weighted by Crippen LogP contribution is -2.39. The molecule has 0 bridgehead atoms. The second kappa shape index (κ2) is 7.01. The van der Waals surface area contributed by atoms with Gasteiger partial charge in [-0.25, -0.2) is 0 Å². The van der Waals surface area contributed by atoms with Gasteiger partial charge in [0, 0.05) is 12.6 Å². The summed E-state index contributed by atoms with van der Waals surface area (Å²) in [5.74, 6) is 1.35. The van der Waals surface area contributed by atoms with E-state index in [9.17, 15) is 5.11 Å². The van der Waals surface area contributed by atoms with E-state index in [2.05, 4.69) is 21.0 Å². The molecule has 0 aliphatic heterocycles. The molecule has 1 aromatic heterocycles. The van der Waals surface area contributed by atoms with Gasteiger partial charge in [0.05, 0.1) is 11.7 Å². The van der Waals surface area contributed by atoms with Crippen LogP contribution in [0, 0.1) is 5.92 Å². The topological polar surface area (TPSA) is 67.3 Å². The standard InChI is InChI=1S/C12H21N3O2S/c1-9-2-4-10(5-3-9)13-6-11(16)8-17-12-7-14-18-15-12/h7,9-11,13,16H,2-6,8H2,1H3. The molecular formula is C12H21N3O2S. The van der Waals surface area contributed by atoms with Gasteiger partial charge in [0.2, 0.25) is 5.88 Å². The maximum absolute atomic E-state index is 9.80. The Kier molecular flexibility index (Phi) is 5.34. The van der Waals surface area contributed by atoms with E-state index in [1.807, 2.05) is 0 Å². The summed E-state index contributed by atoms with van der Waals surface area (Å²) >= 11 is 1.11. The van der Waals surface area contributed by atoms with Gasteiger partial charge in [0.25, 0.3) is 0 Å². The number of nitrogens with zero attached hydrogens (tertiary/aromatic N) is 2. The molecule has 1 atom stereocenters. The summed E-state index contributed by atoms with van der Waals surface area (Å²) in [6.45, 7) is 3.15. The smallest absolute Gasteiger partial charge is 0.245 e. The highest BCUT2D eigenvalue weighted by Gasteiger charge is 2.18. The maximum Gasteiger partial charge on any atom is 0.245 e. The van der Waals surface area contributed by atoms with Crippen molar-refractivity contribution >= 4 is 11.7 Å². The molecule has 2 rings (SSSR count). The summed E-state index contributed by atoms with van der Waals surface area (Å²) in [6, 6.07) is 0.553. The fourth-order valence-corrected chi connectivity index (χ4v) is 2.59. The van der Waals surface area contributed by atoms with Crippen LogP contribution in [0.1, 0.15) is 32.6 Å². The number of nitrogens with one attached hydrogen (secondary N) is 1. The van der Waals surface area contributed by atoms with Crippen LogP contribution in [0.5, 0.6) is 5.88 Å². The van der Waals surface area contributed by atoms with Gasteiger partial charge in [-0.1, -0.05) is 6.92 Å². The minimum absolute atomic E-state index is 0.265. The molecule has 1 heterocycles. The van der Waals surface area contributed by atoms with Gasteiger partial charge in [0.15, 0.2) is 0 Å². The van der Waals surface area contributed by atoms with E-state index >= 15 is 0 Å². The highest BCUT2D eigenvalue weighted by Crippen LogP contribution is 2.23. The third kappa shape index (κ3) is 4.51. The highest BCUT2D eigenvalue weighted by atomic mass is 32.1. The summed E-state index contributed by atoms with van der Waals surface area (Å²) in [5, 5.41) is 13.2. The Hall–Kier alpha value is -0.720. The SMILES string of the molecule is CC1CCC(NCC(O)COc2cnsn2)CC1. The first kappa shape index (κ1) is 13.7. The van der Waals surface area contributed by atoms with Gasteiger partial charge < -0.3 is 15.2 Å². The van der Waals surface area contributed by atoms with Crippen LogP contribution in [0.2, 0.25) is 0 Å². The van der Waals surface area contributed by atoms with Crippen LogP contribution >= 0.6 is 11.7 Å². The summed E-state index contributed by atoms with van der Waals surface area (Å²) in [7, 11) is 0. The quantitative estimate of drug-likeness (QED) is 0.819. The predicted octanol–water partition coefficient (Wildman–Crippen LogP) is 1.45. The third-order valence-corrected chi connectivity index (χ3v) is 3.88. The summed E-state index contributed by atoms with van der Waals surface area (Å²) < 4.78 is 13.1. The maximum atomic E-state index is 9.80. The van der Waals surface area contributed by atoms with E-state index in [1.54, 1.807) is 6.20 Å². The van der Waals surface area contributed by atoms with Gasteiger partial charge >= 0.3 is 0 Å². The lowest BCUT2D eigenvalue weighted by Gasteiger charge is -2.27. The molecule has 2 N–H and O–H groups in total.